The second-order valence-corrected chi connectivity index (χ2v) is 2.71. The number of benzene rings is 1. The summed E-state index contributed by atoms with van der Waals surface area (Å²) in [6.07, 6.45) is 1.33. The Bertz CT molecular complexity index is 334. The molecular formula is C9H7FO2. The summed E-state index contributed by atoms with van der Waals surface area (Å²) in [5.74, 6) is -0.132. The summed E-state index contributed by atoms with van der Waals surface area (Å²) in [6.45, 7) is 0.508. The topological polar surface area (TPSA) is 26.3 Å². The quantitative estimate of drug-likeness (QED) is 0.592. The third-order valence-electron chi connectivity index (χ3n) is 1.90. The fourth-order valence-corrected chi connectivity index (χ4v) is 1.35. The summed E-state index contributed by atoms with van der Waals surface area (Å²) in [7, 11) is 0. The van der Waals surface area contributed by atoms with Crippen molar-refractivity contribution in [3.8, 4) is 5.75 Å². The van der Waals surface area contributed by atoms with Gasteiger partial charge in [-0.25, -0.2) is 4.39 Å². The molecular weight excluding hydrogens is 159 g/mol. The lowest BCUT2D eigenvalue weighted by molar-refractivity contribution is 0.112. The van der Waals surface area contributed by atoms with Gasteiger partial charge in [-0.2, -0.15) is 0 Å². The fourth-order valence-electron chi connectivity index (χ4n) is 1.35. The highest BCUT2D eigenvalue weighted by molar-refractivity contribution is 5.76. The number of halogens is 1. The van der Waals surface area contributed by atoms with Crippen molar-refractivity contribution in [1.29, 1.82) is 0 Å². The van der Waals surface area contributed by atoms with E-state index in [2.05, 4.69) is 0 Å². The zero-order valence-corrected chi connectivity index (χ0v) is 6.34. The minimum atomic E-state index is -0.438. The molecule has 0 amide bonds. The van der Waals surface area contributed by atoms with E-state index in [1.54, 1.807) is 6.07 Å². The lowest BCUT2D eigenvalue weighted by atomic mass is 10.1. The summed E-state index contributed by atoms with van der Waals surface area (Å²) in [4.78, 5) is 10.4. The SMILES string of the molecule is O=Cc1cc(F)c2c(c1)CCO2. The van der Waals surface area contributed by atoms with Crippen LogP contribution in [-0.4, -0.2) is 12.9 Å². The molecule has 0 spiro atoms. The van der Waals surface area contributed by atoms with Crippen molar-refractivity contribution in [3.05, 3.63) is 29.1 Å². The Labute approximate surface area is 69.0 Å². The first-order valence-electron chi connectivity index (χ1n) is 3.71. The lowest BCUT2D eigenvalue weighted by Gasteiger charge is -2.00. The molecule has 1 aromatic rings. The van der Waals surface area contributed by atoms with E-state index in [0.717, 1.165) is 5.56 Å². The molecule has 0 atom stereocenters. The zero-order valence-electron chi connectivity index (χ0n) is 6.34. The Balaban J connectivity index is 2.58. The normalized spacial score (nSPS) is 13.8. The highest BCUT2D eigenvalue weighted by Gasteiger charge is 2.17. The van der Waals surface area contributed by atoms with Crippen LogP contribution in [0.4, 0.5) is 4.39 Å². The van der Waals surface area contributed by atoms with Crippen LogP contribution in [0, 0.1) is 5.82 Å². The summed E-state index contributed by atoms with van der Waals surface area (Å²) >= 11 is 0. The molecule has 2 rings (SSSR count). The van der Waals surface area contributed by atoms with E-state index in [1.807, 2.05) is 0 Å². The molecule has 0 N–H and O–H groups in total. The van der Waals surface area contributed by atoms with Crippen LogP contribution in [-0.2, 0) is 6.42 Å². The average Bonchev–Trinajstić information content (AvgIpc) is 2.52. The van der Waals surface area contributed by atoms with Crippen LogP contribution in [0.1, 0.15) is 15.9 Å². The number of hydrogen-bond donors (Lipinski definition) is 0. The molecule has 0 aromatic heterocycles. The first-order chi connectivity index (χ1) is 5.81. The van der Waals surface area contributed by atoms with Gasteiger partial charge in [0.1, 0.15) is 6.29 Å². The maximum atomic E-state index is 13.1. The molecule has 1 aliphatic rings. The third-order valence-corrected chi connectivity index (χ3v) is 1.90. The molecule has 12 heavy (non-hydrogen) atoms. The number of carbonyl (C=O) groups is 1. The van der Waals surface area contributed by atoms with Crippen LogP contribution in [0.25, 0.3) is 0 Å². The van der Waals surface area contributed by atoms with Gasteiger partial charge in [0.2, 0.25) is 0 Å². The van der Waals surface area contributed by atoms with Gasteiger partial charge in [0.05, 0.1) is 6.61 Å². The molecule has 62 valence electrons. The standard InChI is InChI=1S/C9H7FO2/c10-8-4-6(5-11)3-7-1-2-12-9(7)8/h3-5H,1-2H2. The predicted molar refractivity (Wildman–Crippen MR) is 41.0 cm³/mol. The molecule has 0 saturated heterocycles. The Hall–Kier alpha value is -1.38. The number of fused-ring (bicyclic) bond motifs is 1. The van der Waals surface area contributed by atoms with E-state index in [-0.39, 0.29) is 0 Å². The molecule has 3 heteroatoms. The smallest absolute Gasteiger partial charge is 0.166 e. The first kappa shape index (κ1) is 7.28. The lowest BCUT2D eigenvalue weighted by Crippen LogP contribution is -1.89. The molecule has 1 aliphatic heterocycles. The molecule has 1 aromatic carbocycles. The van der Waals surface area contributed by atoms with Crippen LogP contribution < -0.4 is 4.74 Å². The Kier molecular flexibility index (Phi) is 1.57. The van der Waals surface area contributed by atoms with Crippen molar-refractivity contribution >= 4 is 6.29 Å². The Morgan fingerprint density at radius 2 is 2.33 bits per heavy atom. The van der Waals surface area contributed by atoms with Gasteiger partial charge in [0.25, 0.3) is 0 Å². The van der Waals surface area contributed by atoms with Crippen molar-refractivity contribution in [3.63, 3.8) is 0 Å². The summed E-state index contributed by atoms with van der Waals surface area (Å²) in [5, 5.41) is 0. The van der Waals surface area contributed by atoms with E-state index in [0.29, 0.717) is 30.6 Å². The van der Waals surface area contributed by atoms with Crippen LogP contribution in [0.15, 0.2) is 12.1 Å². The largest absolute Gasteiger partial charge is 0.490 e. The van der Waals surface area contributed by atoms with Gasteiger partial charge in [-0.1, -0.05) is 0 Å². The molecule has 0 unspecified atom stereocenters. The highest BCUT2D eigenvalue weighted by atomic mass is 19.1. The summed E-state index contributed by atoms with van der Waals surface area (Å²) in [5.41, 5.74) is 1.16. The third kappa shape index (κ3) is 0.978. The zero-order chi connectivity index (χ0) is 8.55. The van der Waals surface area contributed by atoms with Crippen LogP contribution >= 0.6 is 0 Å². The van der Waals surface area contributed by atoms with E-state index in [1.165, 1.54) is 6.07 Å². The van der Waals surface area contributed by atoms with E-state index in [4.69, 9.17) is 4.74 Å². The van der Waals surface area contributed by atoms with Crippen LogP contribution in [0.5, 0.6) is 5.75 Å². The van der Waals surface area contributed by atoms with E-state index in [9.17, 15) is 9.18 Å². The van der Waals surface area contributed by atoms with Crippen molar-refractivity contribution < 1.29 is 13.9 Å². The number of rotatable bonds is 1. The van der Waals surface area contributed by atoms with Gasteiger partial charge in [0, 0.05) is 17.5 Å². The first-order valence-corrected chi connectivity index (χ1v) is 3.71. The van der Waals surface area contributed by atoms with Crippen molar-refractivity contribution in [1.82, 2.24) is 0 Å². The van der Waals surface area contributed by atoms with Gasteiger partial charge >= 0.3 is 0 Å². The van der Waals surface area contributed by atoms with Crippen molar-refractivity contribution in [2.24, 2.45) is 0 Å². The summed E-state index contributed by atoms with van der Waals surface area (Å²) < 4.78 is 18.1. The van der Waals surface area contributed by atoms with Gasteiger partial charge in [-0.15, -0.1) is 0 Å². The minimum absolute atomic E-state index is 0.306. The molecule has 0 aliphatic carbocycles. The average molecular weight is 166 g/mol. The van der Waals surface area contributed by atoms with Gasteiger partial charge in [-0.05, 0) is 12.1 Å². The molecule has 2 nitrogen and oxygen atoms in total. The maximum absolute atomic E-state index is 13.1. The molecule has 0 fully saturated rings. The highest BCUT2D eigenvalue weighted by Crippen LogP contribution is 2.29. The summed E-state index contributed by atoms with van der Waals surface area (Å²) in [6, 6.07) is 2.86. The number of carbonyl (C=O) groups excluding carboxylic acids is 1. The number of hydrogen-bond acceptors (Lipinski definition) is 2. The second kappa shape index (κ2) is 2.59. The second-order valence-electron chi connectivity index (χ2n) is 2.71. The van der Waals surface area contributed by atoms with Crippen LogP contribution in [0.2, 0.25) is 0 Å². The predicted octanol–water partition coefficient (Wildman–Crippen LogP) is 1.57. The van der Waals surface area contributed by atoms with Crippen LogP contribution in [0.3, 0.4) is 0 Å². The molecule has 0 radical (unpaired) electrons. The minimum Gasteiger partial charge on any atom is -0.490 e. The van der Waals surface area contributed by atoms with Crippen molar-refractivity contribution in [2.45, 2.75) is 6.42 Å². The van der Waals surface area contributed by atoms with E-state index >= 15 is 0 Å². The number of aldehydes is 1. The Morgan fingerprint density at radius 3 is 3.08 bits per heavy atom. The Morgan fingerprint density at radius 1 is 1.50 bits per heavy atom. The van der Waals surface area contributed by atoms with Gasteiger partial charge < -0.3 is 4.74 Å². The maximum Gasteiger partial charge on any atom is 0.166 e. The monoisotopic (exact) mass is 166 g/mol. The molecule has 0 bridgehead atoms. The fraction of sp³-hybridized carbons (Fsp3) is 0.222. The number of ether oxygens (including phenoxy) is 1. The van der Waals surface area contributed by atoms with E-state index < -0.39 is 5.82 Å². The molecule has 0 saturated carbocycles. The van der Waals surface area contributed by atoms with Gasteiger partial charge in [-0.3, -0.25) is 4.79 Å². The van der Waals surface area contributed by atoms with Gasteiger partial charge in [0.15, 0.2) is 11.6 Å². The van der Waals surface area contributed by atoms with Crippen molar-refractivity contribution in [2.75, 3.05) is 6.61 Å². The molecule has 1 heterocycles.